The van der Waals surface area contributed by atoms with Crippen molar-refractivity contribution in [3.05, 3.63) is 71.8 Å². The number of carboxylic acids is 2. The molecule has 4 rings (SSSR count). The third kappa shape index (κ3) is 4.39. The molecule has 6 nitrogen and oxygen atoms in total. The fourth-order valence-electron chi connectivity index (χ4n) is 3.88. The van der Waals surface area contributed by atoms with Crippen LogP contribution in [0.15, 0.2) is 60.7 Å². The molecule has 0 aliphatic rings. The fourth-order valence-corrected chi connectivity index (χ4v) is 3.88. The first-order valence-corrected chi connectivity index (χ1v) is 9.10. The second kappa shape index (κ2) is 10.7. The summed E-state index contributed by atoms with van der Waals surface area (Å²) in [6.45, 7) is 0. The fraction of sp³-hybridized carbons (Fsp3) is 0.0833. The number of carbonyl (C=O) groups is 2. The molecular formula is C24H16Na2O6. The van der Waals surface area contributed by atoms with Gasteiger partial charge in [-0.05, 0) is 33.7 Å². The van der Waals surface area contributed by atoms with Gasteiger partial charge in [0.2, 0.25) is 0 Å². The van der Waals surface area contributed by atoms with Crippen LogP contribution in [0.2, 0.25) is 0 Å². The number of fused-ring (bicyclic) bond motifs is 2. The van der Waals surface area contributed by atoms with E-state index in [2.05, 4.69) is 0 Å². The van der Waals surface area contributed by atoms with Gasteiger partial charge in [0.25, 0.3) is 0 Å². The van der Waals surface area contributed by atoms with Crippen LogP contribution in [0.1, 0.15) is 20.7 Å². The Labute approximate surface area is 228 Å². The van der Waals surface area contributed by atoms with Crippen LogP contribution in [-0.4, -0.2) is 26.2 Å². The number of hydrogen-bond donors (Lipinski definition) is 0. The normalized spacial score (nSPS) is 10.2. The number of methoxy groups -OCH3 is 2. The molecule has 0 atom stereocenters. The zero-order valence-electron chi connectivity index (χ0n) is 18.2. The molecular weight excluding hydrogens is 430 g/mol. The zero-order chi connectivity index (χ0) is 21.4. The molecule has 0 radical (unpaired) electrons. The topological polar surface area (TPSA) is 98.7 Å². The molecule has 0 saturated heterocycles. The van der Waals surface area contributed by atoms with Gasteiger partial charge in [-0.25, -0.2) is 0 Å². The van der Waals surface area contributed by atoms with Gasteiger partial charge in [0, 0.05) is 22.3 Å². The quantitative estimate of drug-likeness (QED) is 0.294. The first kappa shape index (κ1) is 26.2. The maximum atomic E-state index is 11.9. The van der Waals surface area contributed by atoms with E-state index in [9.17, 15) is 19.8 Å². The number of aromatic carboxylic acids is 2. The average molecular weight is 446 g/mol. The SMILES string of the molecule is COc1c(C(=O)[O-])cc2ccccc2c1-c1c(OC)c(C(=O)[O-])cc2ccccc12.[Na+].[Na+]. The zero-order valence-corrected chi connectivity index (χ0v) is 22.2. The number of benzene rings is 4. The standard InChI is InChI=1S/C24H18O6.2Na/c1-29-21-17(23(25)26)11-13-7-3-5-9-15(13)19(21)20-16-10-6-4-8-14(16)12-18(24(27)28)22(20)30-2;;/h3-12H,1-2H3,(H,25,26)(H,27,28);;/q;2*+1/p-2. The van der Waals surface area contributed by atoms with Crippen LogP contribution in [0.25, 0.3) is 32.7 Å². The van der Waals surface area contributed by atoms with Crippen molar-refractivity contribution < 1.29 is 88.4 Å². The molecule has 0 heterocycles. The van der Waals surface area contributed by atoms with Gasteiger partial charge in [0.05, 0.1) is 26.2 Å². The summed E-state index contributed by atoms with van der Waals surface area (Å²) in [6, 6.07) is 17.3. The molecule has 0 aliphatic carbocycles. The molecule has 150 valence electrons. The molecule has 0 amide bonds. The first-order chi connectivity index (χ1) is 14.5. The van der Waals surface area contributed by atoms with Crippen molar-refractivity contribution in [1.29, 1.82) is 0 Å². The Hall–Kier alpha value is -2.06. The predicted molar refractivity (Wildman–Crippen MR) is 109 cm³/mol. The summed E-state index contributed by atoms with van der Waals surface area (Å²) in [7, 11) is 2.72. The summed E-state index contributed by atoms with van der Waals surface area (Å²) in [6.07, 6.45) is 0. The third-order valence-electron chi connectivity index (χ3n) is 5.10. The Morgan fingerprint density at radius 2 is 1.00 bits per heavy atom. The number of carboxylic acid groups (broad SMARTS) is 2. The molecule has 0 aliphatic heterocycles. The van der Waals surface area contributed by atoms with E-state index in [1.54, 1.807) is 36.4 Å². The second-order valence-electron chi connectivity index (χ2n) is 6.68. The minimum atomic E-state index is -1.40. The Kier molecular flexibility index (Phi) is 8.76. The van der Waals surface area contributed by atoms with Crippen LogP contribution in [0, 0.1) is 0 Å². The molecule has 4 aromatic carbocycles. The van der Waals surface area contributed by atoms with Gasteiger partial charge in [-0.3, -0.25) is 0 Å². The maximum absolute atomic E-state index is 11.9. The van der Waals surface area contributed by atoms with Gasteiger partial charge in [-0.1, -0.05) is 48.5 Å². The number of carbonyl (C=O) groups excluding carboxylic acids is 2. The molecule has 0 saturated carbocycles. The second-order valence-corrected chi connectivity index (χ2v) is 6.68. The van der Waals surface area contributed by atoms with Crippen molar-refractivity contribution in [2.24, 2.45) is 0 Å². The Bertz CT molecular complexity index is 1230. The number of rotatable bonds is 5. The molecule has 0 spiro atoms. The minimum Gasteiger partial charge on any atom is -0.545 e. The van der Waals surface area contributed by atoms with Gasteiger partial charge < -0.3 is 29.3 Å². The summed E-state index contributed by atoms with van der Waals surface area (Å²) >= 11 is 0. The van der Waals surface area contributed by atoms with Crippen LogP contribution in [0.3, 0.4) is 0 Å². The Morgan fingerprint density at radius 3 is 1.31 bits per heavy atom. The van der Waals surface area contributed by atoms with E-state index in [1.165, 1.54) is 26.4 Å². The van der Waals surface area contributed by atoms with E-state index in [1.807, 2.05) is 12.1 Å². The van der Waals surface area contributed by atoms with Crippen LogP contribution in [-0.2, 0) is 0 Å². The molecule has 32 heavy (non-hydrogen) atoms. The monoisotopic (exact) mass is 446 g/mol. The van der Waals surface area contributed by atoms with Crippen molar-refractivity contribution in [1.82, 2.24) is 0 Å². The molecule has 4 aromatic rings. The summed E-state index contributed by atoms with van der Waals surface area (Å²) < 4.78 is 11.0. The molecule has 0 fully saturated rings. The minimum absolute atomic E-state index is 0. The van der Waals surface area contributed by atoms with E-state index < -0.39 is 11.9 Å². The maximum Gasteiger partial charge on any atom is 1.00 e. The molecule has 0 bridgehead atoms. The largest absolute Gasteiger partial charge is 1.00 e. The Balaban J connectivity index is 0.00000181. The van der Waals surface area contributed by atoms with E-state index >= 15 is 0 Å². The van der Waals surface area contributed by atoms with E-state index in [4.69, 9.17) is 9.47 Å². The first-order valence-electron chi connectivity index (χ1n) is 9.10. The summed E-state index contributed by atoms with van der Waals surface area (Å²) in [5.41, 5.74) is 0.532. The van der Waals surface area contributed by atoms with Gasteiger partial charge in [-0.2, -0.15) is 0 Å². The van der Waals surface area contributed by atoms with Gasteiger partial charge in [-0.15, -0.1) is 0 Å². The van der Waals surface area contributed by atoms with Gasteiger partial charge in [0.1, 0.15) is 11.5 Å². The van der Waals surface area contributed by atoms with Gasteiger partial charge in [0.15, 0.2) is 0 Å². The predicted octanol–water partition coefficient (Wildman–Crippen LogP) is -3.59. The van der Waals surface area contributed by atoms with Crippen LogP contribution >= 0.6 is 0 Å². The van der Waals surface area contributed by atoms with E-state index in [-0.39, 0.29) is 81.7 Å². The van der Waals surface area contributed by atoms with Gasteiger partial charge >= 0.3 is 59.1 Å². The number of hydrogen-bond acceptors (Lipinski definition) is 6. The van der Waals surface area contributed by atoms with Crippen molar-refractivity contribution >= 4 is 33.5 Å². The third-order valence-corrected chi connectivity index (χ3v) is 5.10. The Morgan fingerprint density at radius 1 is 0.656 bits per heavy atom. The molecule has 8 heteroatoms. The smallest absolute Gasteiger partial charge is 0.545 e. The molecule has 0 aromatic heterocycles. The van der Waals surface area contributed by atoms with E-state index in [0.29, 0.717) is 32.7 Å². The average Bonchev–Trinajstić information content (AvgIpc) is 2.76. The van der Waals surface area contributed by atoms with Crippen LogP contribution < -0.4 is 78.8 Å². The summed E-state index contributed by atoms with van der Waals surface area (Å²) in [4.78, 5) is 23.7. The van der Waals surface area contributed by atoms with Crippen molar-refractivity contribution in [2.75, 3.05) is 14.2 Å². The van der Waals surface area contributed by atoms with Crippen molar-refractivity contribution in [2.45, 2.75) is 0 Å². The molecule has 0 unspecified atom stereocenters. The van der Waals surface area contributed by atoms with Crippen molar-refractivity contribution in [3.8, 4) is 22.6 Å². The summed E-state index contributed by atoms with van der Waals surface area (Å²) in [5.74, 6) is -2.68. The number of ether oxygens (including phenoxy) is 2. The molecule has 0 N–H and O–H groups in total. The van der Waals surface area contributed by atoms with Crippen LogP contribution in [0.4, 0.5) is 0 Å². The van der Waals surface area contributed by atoms with E-state index in [0.717, 1.165) is 0 Å². The van der Waals surface area contributed by atoms with Crippen LogP contribution in [0.5, 0.6) is 11.5 Å². The summed E-state index contributed by atoms with van der Waals surface area (Å²) in [5, 5.41) is 26.4. The van der Waals surface area contributed by atoms with Crippen molar-refractivity contribution in [3.63, 3.8) is 0 Å².